The zero-order valence-corrected chi connectivity index (χ0v) is 15.4. The molecule has 2 aliphatic rings. The van der Waals surface area contributed by atoms with E-state index in [1.807, 2.05) is 30.5 Å². The Balaban J connectivity index is 1.28. The first-order valence-corrected chi connectivity index (χ1v) is 9.63. The highest BCUT2D eigenvalue weighted by Gasteiger charge is 2.21. The number of hydrogen-bond acceptors (Lipinski definition) is 3. The van der Waals surface area contributed by atoms with Crippen molar-refractivity contribution in [3.63, 3.8) is 0 Å². The van der Waals surface area contributed by atoms with Crippen molar-refractivity contribution in [2.75, 3.05) is 17.2 Å². The molecular weight excluding hydrogens is 342 g/mol. The Kier molecular flexibility index (Phi) is 5.09. The van der Waals surface area contributed by atoms with Crippen LogP contribution >= 0.6 is 0 Å². The summed E-state index contributed by atoms with van der Waals surface area (Å²) in [6.45, 7) is 1.92. The molecule has 7 heteroatoms. The third kappa shape index (κ3) is 4.30. The lowest BCUT2D eigenvalue weighted by Gasteiger charge is -2.27. The van der Waals surface area contributed by atoms with Crippen molar-refractivity contribution in [2.45, 2.75) is 45.2 Å². The van der Waals surface area contributed by atoms with E-state index in [9.17, 15) is 9.59 Å². The van der Waals surface area contributed by atoms with Gasteiger partial charge in [-0.3, -0.25) is 4.79 Å². The minimum atomic E-state index is -0.137. The minimum Gasteiger partial charge on any atom is -0.332 e. The minimum absolute atomic E-state index is 0.0718. The Morgan fingerprint density at radius 1 is 1.04 bits per heavy atom. The van der Waals surface area contributed by atoms with Gasteiger partial charge in [-0.05, 0) is 43.0 Å². The van der Waals surface area contributed by atoms with E-state index < -0.39 is 0 Å². The van der Waals surface area contributed by atoms with Gasteiger partial charge in [-0.1, -0.05) is 12.8 Å². The van der Waals surface area contributed by atoms with Crippen LogP contribution in [0.5, 0.6) is 0 Å². The van der Waals surface area contributed by atoms with E-state index in [1.54, 1.807) is 11.1 Å². The van der Waals surface area contributed by atoms with Crippen LogP contribution in [0.2, 0.25) is 0 Å². The van der Waals surface area contributed by atoms with Gasteiger partial charge >= 0.3 is 6.03 Å². The molecule has 1 fully saturated rings. The number of nitrogens with zero attached hydrogens (tertiary/aromatic N) is 3. The summed E-state index contributed by atoms with van der Waals surface area (Å²) in [7, 11) is 0. The molecule has 27 heavy (non-hydrogen) atoms. The molecule has 1 aromatic carbocycles. The molecule has 0 bridgehead atoms. The summed E-state index contributed by atoms with van der Waals surface area (Å²) in [6, 6.07) is 7.14. The van der Waals surface area contributed by atoms with Gasteiger partial charge in [-0.25, -0.2) is 9.78 Å². The predicted molar refractivity (Wildman–Crippen MR) is 103 cm³/mol. The van der Waals surface area contributed by atoms with Gasteiger partial charge in [0.25, 0.3) is 0 Å². The molecule has 3 amide bonds. The molecule has 1 aromatic heterocycles. The number of amides is 3. The van der Waals surface area contributed by atoms with Crippen LogP contribution in [0.1, 0.15) is 37.9 Å². The monoisotopic (exact) mass is 367 g/mol. The molecule has 1 aliphatic carbocycles. The van der Waals surface area contributed by atoms with Crippen LogP contribution in [0.4, 0.5) is 16.2 Å². The van der Waals surface area contributed by atoms with Crippen LogP contribution in [0.25, 0.3) is 0 Å². The number of benzene rings is 1. The molecule has 2 aromatic rings. The number of hydrogen-bond donors (Lipinski definition) is 2. The van der Waals surface area contributed by atoms with Gasteiger partial charge in [-0.15, -0.1) is 0 Å². The number of urea groups is 1. The van der Waals surface area contributed by atoms with Gasteiger partial charge in [-0.2, -0.15) is 0 Å². The van der Waals surface area contributed by atoms with E-state index in [-0.39, 0.29) is 11.9 Å². The van der Waals surface area contributed by atoms with Crippen LogP contribution in [-0.4, -0.2) is 32.9 Å². The number of aromatic nitrogens is 2. The highest BCUT2D eigenvalue weighted by atomic mass is 16.2. The molecule has 2 heterocycles. The zero-order valence-electron chi connectivity index (χ0n) is 15.4. The molecule has 0 unspecified atom stereocenters. The summed E-state index contributed by atoms with van der Waals surface area (Å²) in [5.74, 6) is 1.50. The first-order valence-electron chi connectivity index (χ1n) is 9.63. The van der Waals surface area contributed by atoms with Crippen molar-refractivity contribution in [1.82, 2.24) is 14.5 Å². The predicted octanol–water partition coefficient (Wildman–Crippen LogP) is 3.45. The van der Waals surface area contributed by atoms with Crippen LogP contribution < -0.4 is 10.6 Å². The number of carbonyl (C=O) groups excluding carboxylic acids is 2. The number of imidazole rings is 1. The highest BCUT2D eigenvalue weighted by molar-refractivity contribution is 5.92. The largest absolute Gasteiger partial charge is 0.332 e. The maximum absolute atomic E-state index is 12.5. The van der Waals surface area contributed by atoms with Crippen molar-refractivity contribution in [3.05, 3.63) is 42.5 Å². The number of anilines is 2. The Morgan fingerprint density at radius 2 is 1.74 bits per heavy atom. The molecule has 0 spiro atoms. The number of fused-ring (bicyclic) bond motifs is 1. The van der Waals surface area contributed by atoms with Gasteiger partial charge in [0.15, 0.2) is 0 Å². The summed E-state index contributed by atoms with van der Waals surface area (Å²) in [5, 5.41) is 5.86. The van der Waals surface area contributed by atoms with E-state index in [0.717, 1.165) is 30.9 Å². The average Bonchev–Trinajstić information content (AvgIpc) is 3.34. The third-order valence-corrected chi connectivity index (χ3v) is 5.40. The Morgan fingerprint density at radius 3 is 2.48 bits per heavy atom. The van der Waals surface area contributed by atoms with Crippen molar-refractivity contribution >= 4 is 23.3 Å². The second-order valence-electron chi connectivity index (χ2n) is 7.37. The van der Waals surface area contributed by atoms with Gasteiger partial charge in [0, 0.05) is 43.3 Å². The fourth-order valence-corrected chi connectivity index (χ4v) is 3.87. The SMILES string of the molecule is O=C(CC1CCCC1)Nc1ccc(NC(=O)N2CCn3ccnc3C2)cc1. The highest BCUT2D eigenvalue weighted by Crippen LogP contribution is 2.28. The van der Waals surface area contributed by atoms with Gasteiger partial charge < -0.3 is 20.1 Å². The van der Waals surface area contributed by atoms with E-state index in [4.69, 9.17) is 0 Å². The maximum Gasteiger partial charge on any atom is 0.322 e. The van der Waals surface area contributed by atoms with E-state index >= 15 is 0 Å². The summed E-state index contributed by atoms with van der Waals surface area (Å²) in [6.07, 6.45) is 9.10. The van der Waals surface area contributed by atoms with Crippen LogP contribution in [-0.2, 0) is 17.9 Å². The molecule has 0 saturated heterocycles. The Bertz CT molecular complexity index is 808. The molecule has 7 nitrogen and oxygen atoms in total. The second-order valence-corrected chi connectivity index (χ2v) is 7.37. The molecule has 142 valence electrons. The fourth-order valence-electron chi connectivity index (χ4n) is 3.87. The zero-order chi connectivity index (χ0) is 18.6. The summed E-state index contributed by atoms with van der Waals surface area (Å²) in [5.41, 5.74) is 1.47. The Hall–Kier alpha value is -2.83. The van der Waals surface area contributed by atoms with Crippen molar-refractivity contribution in [3.8, 4) is 0 Å². The summed E-state index contributed by atoms with van der Waals surface area (Å²) < 4.78 is 2.06. The lowest BCUT2D eigenvalue weighted by atomic mass is 10.0. The molecule has 4 rings (SSSR count). The van der Waals surface area contributed by atoms with E-state index in [0.29, 0.717) is 31.1 Å². The molecular formula is C20H25N5O2. The van der Waals surface area contributed by atoms with Crippen LogP contribution in [0, 0.1) is 5.92 Å². The summed E-state index contributed by atoms with van der Waals surface area (Å²) >= 11 is 0. The third-order valence-electron chi connectivity index (χ3n) is 5.40. The van der Waals surface area contributed by atoms with Gasteiger partial charge in [0.05, 0.1) is 6.54 Å². The van der Waals surface area contributed by atoms with Gasteiger partial charge in [0.1, 0.15) is 5.82 Å². The Labute approximate surface area is 158 Å². The topological polar surface area (TPSA) is 79.3 Å². The molecule has 0 radical (unpaired) electrons. The molecule has 2 N–H and O–H groups in total. The lowest BCUT2D eigenvalue weighted by Crippen LogP contribution is -2.40. The number of rotatable bonds is 4. The number of carbonyl (C=O) groups is 2. The second kappa shape index (κ2) is 7.82. The van der Waals surface area contributed by atoms with Crippen molar-refractivity contribution in [1.29, 1.82) is 0 Å². The van der Waals surface area contributed by atoms with E-state index in [2.05, 4.69) is 20.2 Å². The maximum atomic E-state index is 12.5. The molecule has 1 aliphatic heterocycles. The van der Waals surface area contributed by atoms with Crippen LogP contribution in [0.15, 0.2) is 36.7 Å². The van der Waals surface area contributed by atoms with Gasteiger partial charge in [0.2, 0.25) is 5.91 Å². The number of nitrogens with one attached hydrogen (secondary N) is 2. The fraction of sp³-hybridized carbons (Fsp3) is 0.450. The van der Waals surface area contributed by atoms with Crippen LogP contribution in [0.3, 0.4) is 0 Å². The smallest absolute Gasteiger partial charge is 0.322 e. The lowest BCUT2D eigenvalue weighted by molar-refractivity contribution is -0.117. The standard InChI is InChI=1S/C20H25N5O2/c26-19(13-15-3-1-2-4-15)22-16-5-7-17(8-6-16)23-20(27)25-12-11-24-10-9-21-18(24)14-25/h5-10,15H,1-4,11-14H2,(H,22,26)(H,23,27). The first-order chi connectivity index (χ1) is 13.2. The normalized spacial score (nSPS) is 16.8. The van der Waals surface area contributed by atoms with Crippen molar-refractivity contribution < 1.29 is 9.59 Å². The van der Waals surface area contributed by atoms with Crippen molar-refractivity contribution in [2.24, 2.45) is 5.92 Å². The average molecular weight is 367 g/mol. The quantitative estimate of drug-likeness (QED) is 0.869. The first kappa shape index (κ1) is 17.6. The summed E-state index contributed by atoms with van der Waals surface area (Å²) in [4.78, 5) is 30.6. The molecule has 1 saturated carbocycles. The molecule has 0 atom stereocenters. The van der Waals surface area contributed by atoms with E-state index in [1.165, 1.54) is 12.8 Å².